The van der Waals surface area contributed by atoms with Crippen LogP contribution in [0.25, 0.3) is 0 Å². The molecule has 0 radical (unpaired) electrons. The van der Waals surface area contributed by atoms with Crippen LogP contribution in [0.15, 0.2) is 16.7 Å². The SMILES string of the molecule is Cc1nc([C@H](CC(C)C)NC(=O)c2ccc(C3CC3)c(OCC3CC3)n2)no1. The van der Waals surface area contributed by atoms with Crippen LogP contribution in [0, 0.1) is 18.8 Å². The molecule has 0 aliphatic heterocycles. The second-order valence-electron chi connectivity index (χ2n) is 8.45. The van der Waals surface area contributed by atoms with Crippen molar-refractivity contribution < 1.29 is 14.1 Å². The molecule has 2 heterocycles. The first-order valence-corrected chi connectivity index (χ1v) is 10.2. The summed E-state index contributed by atoms with van der Waals surface area (Å²) >= 11 is 0. The quantitative estimate of drug-likeness (QED) is 0.704. The number of hydrogen-bond acceptors (Lipinski definition) is 6. The Bertz CT molecular complexity index is 840. The van der Waals surface area contributed by atoms with Crippen molar-refractivity contribution in [1.29, 1.82) is 0 Å². The normalized spacial score (nSPS) is 17.6. The molecule has 1 atom stereocenters. The number of pyridine rings is 1. The van der Waals surface area contributed by atoms with Gasteiger partial charge in [0.25, 0.3) is 5.91 Å². The van der Waals surface area contributed by atoms with E-state index in [4.69, 9.17) is 9.26 Å². The van der Waals surface area contributed by atoms with Gasteiger partial charge < -0.3 is 14.6 Å². The molecule has 0 unspecified atom stereocenters. The molecule has 7 nitrogen and oxygen atoms in total. The van der Waals surface area contributed by atoms with Crippen LogP contribution >= 0.6 is 0 Å². The molecule has 2 aliphatic carbocycles. The monoisotopic (exact) mass is 384 g/mol. The Morgan fingerprint density at radius 2 is 2.04 bits per heavy atom. The van der Waals surface area contributed by atoms with Crippen LogP contribution < -0.4 is 10.1 Å². The highest BCUT2D eigenvalue weighted by atomic mass is 16.5. The average molecular weight is 384 g/mol. The Morgan fingerprint density at radius 3 is 2.64 bits per heavy atom. The van der Waals surface area contributed by atoms with Gasteiger partial charge in [0.15, 0.2) is 5.82 Å². The molecule has 2 aromatic rings. The van der Waals surface area contributed by atoms with E-state index in [-0.39, 0.29) is 11.9 Å². The Balaban J connectivity index is 1.51. The summed E-state index contributed by atoms with van der Waals surface area (Å²) in [6, 6.07) is 3.48. The standard InChI is InChI=1S/C21H28N4O3/c1-12(2)10-18(19-22-13(3)28-25-19)23-20(26)17-9-8-16(15-6-7-15)21(24-17)27-11-14-4-5-14/h8-9,12,14-15,18H,4-7,10-11H2,1-3H3,(H,23,26)/t18-/m0/s1. The minimum atomic E-state index is -0.314. The fraction of sp³-hybridized carbons (Fsp3) is 0.619. The van der Waals surface area contributed by atoms with E-state index in [1.165, 1.54) is 25.7 Å². The Kier molecular flexibility index (Phi) is 5.33. The number of hydrogen-bond donors (Lipinski definition) is 1. The second-order valence-corrected chi connectivity index (χ2v) is 8.45. The predicted octanol–water partition coefficient (Wildman–Crippen LogP) is 3.96. The Labute approximate surface area is 165 Å². The number of ether oxygens (including phenoxy) is 1. The highest BCUT2D eigenvalue weighted by Gasteiger charge is 2.30. The van der Waals surface area contributed by atoms with E-state index >= 15 is 0 Å². The maximum Gasteiger partial charge on any atom is 0.270 e. The van der Waals surface area contributed by atoms with Crippen LogP contribution in [-0.4, -0.2) is 27.6 Å². The fourth-order valence-corrected chi connectivity index (χ4v) is 3.27. The summed E-state index contributed by atoms with van der Waals surface area (Å²) in [6.07, 6.45) is 5.50. The zero-order valence-electron chi connectivity index (χ0n) is 16.8. The third-order valence-electron chi connectivity index (χ3n) is 5.16. The lowest BCUT2D eigenvalue weighted by atomic mass is 10.0. The first-order chi connectivity index (χ1) is 13.5. The van der Waals surface area contributed by atoms with Gasteiger partial charge in [0, 0.05) is 12.5 Å². The number of aryl methyl sites for hydroxylation is 1. The number of nitrogens with zero attached hydrogens (tertiary/aromatic N) is 3. The smallest absolute Gasteiger partial charge is 0.270 e. The molecule has 4 rings (SSSR count). The molecule has 0 aromatic carbocycles. The van der Waals surface area contributed by atoms with E-state index in [1.54, 1.807) is 13.0 Å². The molecular weight excluding hydrogens is 356 g/mol. The Hall–Kier alpha value is -2.44. The molecule has 2 aliphatic rings. The molecular formula is C21H28N4O3. The van der Waals surface area contributed by atoms with Gasteiger partial charge in [-0.25, -0.2) is 4.98 Å². The van der Waals surface area contributed by atoms with Crippen LogP contribution in [0.2, 0.25) is 0 Å². The number of carbonyl (C=O) groups excluding carboxylic acids is 1. The topological polar surface area (TPSA) is 90.1 Å². The minimum absolute atomic E-state index is 0.244. The zero-order valence-corrected chi connectivity index (χ0v) is 16.8. The summed E-state index contributed by atoms with van der Waals surface area (Å²) in [5.41, 5.74) is 1.49. The maximum absolute atomic E-state index is 12.9. The van der Waals surface area contributed by atoms with Crippen LogP contribution in [0.1, 0.15) is 85.7 Å². The van der Waals surface area contributed by atoms with Gasteiger partial charge in [-0.05, 0) is 55.9 Å². The van der Waals surface area contributed by atoms with Crippen molar-refractivity contribution in [3.05, 3.63) is 35.1 Å². The second kappa shape index (κ2) is 7.89. The van der Waals surface area contributed by atoms with Crippen LogP contribution in [0.5, 0.6) is 5.88 Å². The van der Waals surface area contributed by atoms with Gasteiger partial charge in [-0.1, -0.05) is 25.1 Å². The third-order valence-corrected chi connectivity index (χ3v) is 5.16. The van der Waals surface area contributed by atoms with E-state index in [1.807, 2.05) is 6.07 Å². The van der Waals surface area contributed by atoms with Crippen molar-refractivity contribution in [3.63, 3.8) is 0 Å². The molecule has 1 N–H and O–H groups in total. The average Bonchev–Trinajstić information content (AvgIpc) is 3.58. The van der Waals surface area contributed by atoms with E-state index in [0.29, 0.717) is 47.6 Å². The molecule has 28 heavy (non-hydrogen) atoms. The van der Waals surface area contributed by atoms with E-state index in [9.17, 15) is 4.79 Å². The molecule has 1 amide bonds. The Morgan fingerprint density at radius 1 is 1.25 bits per heavy atom. The van der Waals surface area contributed by atoms with Crippen LogP contribution in [0.4, 0.5) is 0 Å². The van der Waals surface area contributed by atoms with Crippen molar-refractivity contribution in [2.24, 2.45) is 11.8 Å². The van der Waals surface area contributed by atoms with Crippen molar-refractivity contribution >= 4 is 5.91 Å². The molecule has 2 saturated carbocycles. The van der Waals surface area contributed by atoms with Gasteiger partial charge >= 0.3 is 0 Å². The molecule has 7 heteroatoms. The number of rotatable bonds is 9. The number of amides is 1. The number of aromatic nitrogens is 3. The summed E-state index contributed by atoms with van der Waals surface area (Å²) in [6.45, 7) is 6.62. The summed E-state index contributed by atoms with van der Waals surface area (Å²) in [7, 11) is 0. The largest absolute Gasteiger partial charge is 0.477 e. The van der Waals surface area contributed by atoms with Gasteiger partial charge in [0.05, 0.1) is 12.6 Å². The fourth-order valence-electron chi connectivity index (χ4n) is 3.27. The molecule has 0 bridgehead atoms. The van der Waals surface area contributed by atoms with Crippen molar-refractivity contribution in [3.8, 4) is 5.88 Å². The molecule has 150 valence electrons. The van der Waals surface area contributed by atoms with Crippen LogP contribution in [0.3, 0.4) is 0 Å². The lowest BCUT2D eigenvalue weighted by Crippen LogP contribution is -2.31. The minimum Gasteiger partial charge on any atom is -0.477 e. The molecule has 0 spiro atoms. The predicted molar refractivity (Wildman–Crippen MR) is 103 cm³/mol. The number of nitrogens with one attached hydrogen (secondary N) is 1. The van der Waals surface area contributed by atoms with E-state index in [2.05, 4.69) is 34.3 Å². The van der Waals surface area contributed by atoms with Gasteiger partial charge in [0.1, 0.15) is 5.69 Å². The summed E-state index contributed by atoms with van der Waals surface area (Å²) in [5.74, 6) is 2.90. The van der Waals surface area contributed by atoms with E-state index in [0.717, 1.165) is 12.0 Å². The zero-order chi connectivity index (χ0) is 19.7. The molecule has 2 aromatic heterocycles. The third kappa shape index (κ3) is 4.69. The van der Waals surface area contributed by atoms with Gasteiger partial charge in [0.2, 0.25) is 11.8 Å². The summed E-state index contributed by atoms with van der Waals surface area (Å²) in [4.78, 5) is 21.8. The lowest BCUT2D eigenvalue weighted by Gasteiger charge is -2.18. The first kappa shape index (κ1) is 18.9. The van der Waals surface area contributed by atoms with Crippen molar-refractivity contribution in [2.75, 3.05) is 6.61 Å². The maximum atomic E-state index is 12.9. The van der Waals surface area contributed by atoms with Crippen molar-refractivity contribution in [1.82, 2.24) is 20.4 Å². The highest BCUT2D eigenvalue weighted by Crippen LogP contribution is 2.44. The summed E-state index contributed by atoms with van der Waals surface area (Å²) < 4.78 is 11.1. The first-order valence-electron chi connectivity index (χ1n) is 10.2. The molecule has 0 saturated heterocycles. The van der Waals surface area contributed by atoms with E-state index < -0.39 is 0 Å². The van der Waals surface area contributed by atoms with Gasteiger partial charge in [-0.2, -0.15) is 4.98 Å². The summed E-state index contributed by atoms with van der Waals surface area (Å²) in [5, 5.41) is 7.01. The van der Waals surface area contributed by atoms with Gasteiger partial charge in [-0.3, -0.25) is 4.79 Å². The number of carbonyl (C=O) groups is 1. The molecule has 2 fully saturated rings. The lowest BCUT2D eigenvalue weighted by molar-refractivity contribution is 0.0923. The van der Waals surface area contributed by atoms with Gasteiger partial charge in [-0.15, -0.1) is 0 Å². The van der Waals surface area contributed by atoms with Crippen molar-refractivity contribution in [2.45, 2.75) is 64.8 Å². The van der Waals surface area contributed by atoms with Crippen LogP contribution in [-0.2, 0) is 0 Å². The highest BCUT2D eigenvalue weighted by molar-refractivity contribution is 5.92.